The van der Waals surface area contributed by atoms with Crippen LogP contribution in [0.15, 0.2) is 24.3 Å². The zero-order valence-electron chi connectivity index (χ0n) is 17.2. The van der Waals surface area contributed by atoms with Crippen LogP contribution in [0.25, 0.3) is 5.65 Å². The van der Waals surface area contributed by atoms with Gasteiger partial charge in [-0.05, 0) is 57.4 Å². The molecule has 2 heterocycles. The molecular formula is C21H23F3N4O2. The number of halogens is 3. The lowest BCUT2D eigenvalue weighted by Crippen LogP contribution is -2.20. The summed E-state index contributed by atoms with van der Waals surface area (Å²) in [5, 5.41) is 7.06. The van der Waals surface area contributed by atoms with Crippen LogP contribution in [-0.4, -0.2) is 33.3 Å². The second-order valence-corrected chi connectivity index (χ2v) is 7.27. The van der Waals surface area contributed by atoms with Gasteiger partial charge < -0.3 is 10.1 Å². The average molecular weight is 420 g/mol. The van der Waals surface area contributed by atoms with Crippen molar-refractivity contribution in [3.8, 4) is 5.75 Å². The summed E-state index contributed by atoms with van der Waals surface area (Å²) in [7, 11) is 0. The molecule has 2 aromatic heterocycles. The molecule has 30 heavy (non-hydrogen) atoms. The van der Waals surface area contributed by atoms with Gasteiger partial charge in [0.15, 0.2) is 12.3 Å². The molecule has 0 atom stereocenters. The molecule has 9 heteroatoms. The van der Waals surface area contributed by atoms with Crippen LogP contribution in [0.5, 0.6) is 5.75 Å². The predicted molar refractivity (Wildman–Crippen MR) is 107 cm³/mol. The van der Waals surface area contributed by atoms with E-state index in [2.05, 4.69) is 15.4 Å². The number of aryl methyl sites for hydroxylation is 4. The van der Waals surface area contributed by atoms with Crippen LogP contribution in [-0.2, 0) is 11.2 Å². The quantitative estimate of drug-likeness (QED) is 0.639. The van der Waals surface area contributed by atoms with Gasteiger partial charge >= 0.3 is 6.18 Å². The fourth-order valence-electron chi connectivity index (χ4n) is 3.27. The maximum Gasteiger partial charge on any atom is 0.422 e. The molecule has 1 N–H and O–H groups in total. The Bertz CT molecular complexity index is 1090. The van der Waals surface area contributed by atoms with Crippen LogP contribution < -0.4 is 10.1 Å². The van der Waals surface area contributed by atoms with E-state index in [4.69, 9.17) is 4.74 Å². The zero-order chi connectivity index (χ0) is 22.1. The Hall–Kier alpha value is -3.10. The summed E-state index contributed by atoms with van der Waals surface area (Å²) in [6.45, 7) is 6.00. The monoisotopic (exact) mass is 420 g/mol. The Morgan fingerprint density at radius 1 is 1.17 bits per heavy atom. The highest BCUT2D eigenvalue weighted by atomic mass is 19.4. The van der Waals surface area contributed by atoms with Gasteiger partial charge in [0.1, 0.15) is 5.75 Å². The second kappa shape index (κ2) is 8.33. The molecule has 0 aliphatic carbocycles. The molecule has 0 spiro atoms. The van der Waals surface area contributed by atoms with E-state index in [1.165, 1.54) is 12.1 Å². The van der Waals surface area contributed by atoms with Crippen LogP contribution >= 0.6 is 0 Å². The molecule has 0 aliphatic heterocycles. The van der Waals surface area contributed by atoms with E-state index >= 15 is 0 Å². The topological polar surface area (TPSA) is 68.5 Å². The van der Waals surface area contributed by atoms with Crippen molar-refractivity contribution in [3.63, 3.8) is 0 Å². The molecule has 3 aromatic rings. The van der Waals surface area contributed by atoms with E-state index in [1.54, 1.807) is 17.5 Å². The smallest absolute Gasteiger partial charge is 0.422 e. The Morgan fingerprint density at radius 2 is 1.90 bits per heavy atom. The third-order valence-electron chi connectivity index (χ3n) is 4.69. The van der Waals surface area contributed by atoms with Gasteiger partial charge in [0.05, 0.1) is 11.4 Å². The van der Waals surface area contributed by atoms with Crippen LogP contribution in [0.4, 0.5) is 18.9 Å². The predicted octanol–water partition coefficient (Wildman–Crippen LogP) is 4.48. The minimum atomic E-state index is -4.46. The highest BCUT2D eigenvalue weighted by molar-refractivity contribution is 5.92. The molecule has 0 unspecified atom stereocenters. The van der Waals surface area contributed by atoms with Crippen molar-refractivity contribution in [2.75, 3.05) is 11.9 Å². The van der Waals surface area contributed by atoms with E-state index < -0.39 is 12.8 Å². The molecule has 6 nitrogen and oxygen atoms in total. The van der Waals surface area contributed by atoms with Gasteiger partial charge in [-0.3, -0.25) is 4.79 Å². The lowest BCUT2D eigenvalue weighted by Gasteiger charge is -2.15. The third kappa shape index (κ3) is 5.08. The van der Waals surface area contributed by atoms with E-state index in [9.17, 15) is 18.0 Å². The van der Waals surface area contributed by atoms with Crippen molar-refractivity contribution in [2.24, 2.45) is 0 Å². The van der Waals surface area contributed by atoms with Crippen LogP contribution in [0.3, 0.4) is 0 Å². The van der Waals surface area contributed by atoms with Crippen molar-refractivity contribution in [1.29, 1.82) is 0 Å². The maximum absolute atomic E-state index is 12.5. The molecule has 0 aliphatic rings. The summed E-state index contributed by atoms with van der Waals surface area (Å²) in [5.41, 5.74) is 5.18. The van der Waals surface area contributed by atoms with Gasteiger partial charge in [-0.1, -0.05) is 6.07 Å². The van der Waals surface area contributed by atoms with Gasteiger partial charge in [0.2, 0.25) is 5.91 Å². The molecule has 1 aromatic carbocycles. The van der Waals surface area contributed by atoms with Gasteiger partial charge in [-0.15, -0.1) is 0 Å². The van der Waals surface area contributed by atoms with Gasteiger partial charge in [-0.25, -0.2) is 9.50 Å². The van der Waals surface area contributed by atoms with E-state index in [0.29, 0.717) is 6.42 Å². The van der Waals surface area contributed by atoms with Crippen LogP contribution in [0.2, 0.25) is 0 Å². The summed E-state index contributed by atoms with van der Waals surface area (Å²) >= 11 is 0. The highest BCUT2D eigenvalue weighted by Gasteiger charge is 2.29. The molecule has 0 saturated carbocycles. The first kappa shape index (κ1) is 21.6. The Labute approximate surface area is 172 Å². The number of fused-ring (bicyclic) bond motifs is 1. The SMILES string of the molecule is Cc1ccc(NC(=O)CCc2c(C)nc3cc(C)nn3c2C)c(OCC(F)(F)F)c1. The van der Waals surface area contributed by atoms with Gasteiger partial charge in [0.25, 0.3) is 0 Å². The van der Waals surface area contributed by atoms with E-state index in [-0.39, 0.29) is 23.8 Å². The van der Waals surface area contributed by atoms with Gasteiger partial charge in [0, 0.05) is 23.9 Å². The van der Waals surface area contributed by atoms with Crippen LogP contribution in [0, 0.1) is 27.7 Å². The summed E-state index contributed by atoms with van der Waals surface area (Å²) in [6, 6.07) is 6.59. The first-order valence-electron chi connectivity index (χ1n) is 9.46. The van der Waals surface area contributed by atoms with E-state index in [0.717, 1.165) is 33.9 Å². The van der Waals surface area contributed by atoms with Crippen LogP contribution in [0.1, 0.15) is 34.6 Å². The number of benzene rings is 1. The molecule has 0 radical (unpaired) electrons. The molecule has 0 fully saturated rings. The van der Waals surface area contributed by atoms with Gasteiger partial charge in [-0.2, -0.15) is 18.3 Å². The number of rotatable bonds is 6. The minimum Gasteiger partial charge on any atom is -0.482 e. The van der Waals surface area contributed by atoms with Crippen molar-refractivity contribution >= 4 is 17.2 Å². The summed E-state index contributed by atoms with van der Waals surface area (Å²) in [6.07, 6.45) is -3.89. The number of nitrogens with zero attached hydrogens (tertiary/aromatic N) is 3. The number of anilines is 1. The maximum atomic E-state index is 12.5. The number of aromatic nitrogens is 3. The summed E-state index contributed by atoms with van der Waals surface area (Å²) in [5.74, 6) is -0.339. The van der Waals surface area contributed by atoms with E-state index in [1.807, 2.05) is 26.8 Å². The van der Waals surface area contributed by atoms with Crippen molar-refractivity contribution in [3.05, 3.63) is 52.5 Å². The third-order valence-corrected chi connectivity index (χ3v) is 4.69. The number of ether oxygens (including phenoxy) is 1. The van der Waals surface area contributed by atoms with Crippen molar-refractivity contribution < 1.29 is 22.7 Å². The fourth-order valence-corrected chi connectivity index (χ4v) is 3.27. The second-order valence-electron chi connectivity index (χ2n) is 7.27. The average Bonchev–Trinajstić information content (AvgIpc) is 3.01. The molecule has 0 bridgehead atoms. The number of hydrogen-bond acceptors (Lipinski definition) is 4. The largest absolute Gasteiger partial charge is 0.482 e. The molecule has 160 valence electrons. The number of carbonyl (C=O) groups is 1. The Morgan fingerprint density at radius 3 is 2.60 bits per heavy atom. The highest BCUT2D eigenvalue weighted by Crippen LogP contribution is 2.28. The molecule has 0 saturated heterocycles. The normalized spacial score (nSPS) is 11.7. The molecular weight excluding hydrogens is 397 g/mol. The lowest BCUT2D eigenvalue weighted by atomic mass is 10.1. The minimum absolute atomic E-state index is 0.0110. The lowest BCUT2D eigenvalue weighted by molar-refractivity contribution is -0.153. The summed E-state index contributed by atoms with van der Waals surface area (Å²) < 4.78 is 44.1. The Kier molecular flexibility index (Phi) is 6.00. The van der Waals surface area contributed by atoms with Crippen molar-refractivity contribution in [1.82, 2.24) is 14.6 Å². The number of hydrogen-bond donors (Lipinski definition) is 1. The fraction of sp³-hybridized carbons (Fsp3) is 0.381. The number of amides is 1. The molecule has 1 amide bonds. The standard InChI is InChI=1S/C21H23F3N4O2/c1-12-5-7-17(18(9-12)30-11-21(22,23)24)26-20(29)8-6-16-14(3)25-19-10-13(2)27-28(19)15(16)4/h5,7,9-10H,6,8,11H2,1-4H3,(H,26,29). The van der Waals surface area contributed by atoms with Crippen molar-refractivity contribution in [2.45, 2.75) is 46.7 Å². The summed E-state index contributed by atoms with van der Waals surface area (Å²) in [4.78, 5) is 17.0. The number of nitrogens with one attached hydrogen (secondary N) is 1. The first-order chi connectivity index (χ1) is 14.0. The zero-order valence-corrected chi connectivity index (χ0v) is 17.2. The Balaban J connectivity index is 1.72. The number of alkyl halides is 3. The number of carbonyl (C=O) groups excluding carboxylic acids is 1. The first-order valence-corrected chi connectivity index (χ1v) is 9.46. The molecule has 3 rings (SSSR count).